The van der Waals surface area contributed by atoms with E-state index in [0.29, 0.717) is 23.9 Å². The van der Waals surface area contributed by atoms with Crippen LogP contribution in [0.3, 0.4) is 0 Å². The molecule has 2 aromatic heterocycles. The maximum Gasteiger partial charge on any atom is 0.274 e. The maximum atomic E-state index is 13.3. The quantitative estimate of drug-likeness (QED) is 0.513. The molecule has 7 nitrogen and oxygen atoms in total. The lowest BCUT2D eigenvalue weighted by Gasteiger charge is -2.24. The SMILES string of the molecule is O=C(NO)c1ccc2c(=O)n(CCc3ccccn3)c(C3CCCCC3)nc2c1. The third kappa shape index (κ3) is 4.05. The second kappa shape index (κ2) is 8.53. The fraction of sp³-hybridized carbons (Fsp3) is 0.364. The van der Waals surface area contributed by atoms with Crippen molar-refractivity contribution in [2.75, 3.05) is 0 Å². The van der Waals surface area contributed by atoms with Crippen molar-refractivity contribution in [2.24, 2.45) is 0 Å². The van der Waals surface area contributed by atoms with Gasteiger partial charge in [-0.25, -0.2) is 10.5 Å². The first-order valence-electron chi connectivity index (χ1n) is 10.1. The van der Waals surface area contributed by atoms with Crippen LogP contribution in [0, 0.1) is 0 Å². The lowest BCUT2D eigenvalue weighted by atomic mass is 9.88. The Kier molecular flexibility index (Phi) is 5.67. The van der Waals surface area contributed by atoms with Gasteiger partial charge in [-0.05, 0) is 43.2 Å². The van der Waals surface area contributed by atoms with E-state index >= 15 is 0 Å². The summed E-state index contributed by atoms with van der Waals surface area (Å²) in [5.74, 6) is 0.409. The highest BCUT2D eigenvalue weighted by atomic mass is 16.5. The largest absolute Gasteiger partial charge is 0.295 e. The van der Waals surface area contributed by atoms with Crippen LogP contribution in [0.5, 0.6) is 0 Å². The van der Waals surface area contributed by atoms with E-state index in [0.717, 1.165) is 37.2 Å². The first-order valence-corrected chi connectivity index (χ1v) is 10.1. The van der Waals surface area contributed by atoms with Crippen LogP contribution in [-0.2, 0) is 13.0 Å². The molecule has 0 spiro atoms. The van der Waals surface area contributed by atoms with Gasteiger partial charge in [0.1, 0.15) is 5.82 Å². The highest BCUT2D eigenvalue weighted by Crippen LogP contribution is 2.32. The second-order valence-corrected chi connectivity index (χ2v) is 7.51. The van der Waals surface area contributed by atoms with E-state index in [1.807, 2.05) is 18.2 Å². The highest BCUT2D eigenvalue weighted by molar-refractivity contribution is 5.96. The summed E-state index contributed by atoms with van der Waals surface area (Å²) in [7, 11) is 0. The molecule has 1 aliphatic carbocycles. The van der Waals surface area contributed by atoms with E-state index in [-0.39, 0.29) is 17.0 Å². The number of aryl methyl sites for hydroxylation is 1. The molecular weight excluding hydrogens is 368 g/mol. The van der Waals surface area contributed by atoms with Crippen molar-refractivity contribution in [3.63, 3.8) is 0 Å². The van der Waals surface area contributed by atoms with E-state index < -0.39 is 5.91 Å². The Balaban J connectivity index is 1.79. The number of carbonyl (C=O) groups excluding carboxylic acids is 1. The molecule has 0 aliphatic heterocycles. The Morgan fingerprint density at radius 1 is 1.17 bits per heavy atom. The molecule has 0 atom stereocenters. The molecule has 0 unspecified atom stereocenters. The van der Waals surface area contributed by atoms with Crippen LogP contribution in [0.25, 0.3) is 10.9 Å². The molecule has 0 saturated heterocycles. The molecule has 1 aliphatic rings. The van der Waals surface area contributed by atoms with Crippen molar-refractivity contribution in [3.8, 4) is 0 Å². The molecule has 4 rings (SSSR count). The molecule has 1 aromatic carbocycles. The van der Waals surface area contributed by atoms with Gasteiger partial charge in [0.15, 0.2) is 0 Å². The van der Waals surface area contributed by atoms with E-state index in [4.69, 9.17) is 10.2 Å². The molecule has 7 heteroatoms. The predicted octanol–water partition coefficient (Wildman–Crippen LogP) is 3.20. The van der Waals surface area contributed by atoms with Gasteiger partial charge in [-0.2, -0.15) is 0 Å². The van der Waals surface area contributed by atoms with Crippen molar-refractivity contribution in [1.82, 2.24) is 20.0 Å². The number of nitrogens with zero attached hydrogens (tertiary/aromatic N) is 3. The fourth-order valence-corrected chi connectivity index (χ4v) is 4.10. The number of aromatic nitrogens is 3. The fourth-order valence-electron chi connectivity index (χ4n) is 4.10. The summed E-state index contributed by atoms with van der Waals surface area (Å²) in [5, 5.41) is 9.38. The van der Waals surface area contributed by atoms with Gasteiger partial charge in [-0.1, -0.05) is 25.3 Å². The number of rotatable bonds is 5. The first kappa shape index (κ1) is 19.3. The average molecular weight is 392 g/mol. The molecule has 150 valence electrons. The second-order valence-electron chi connectivity index (χ2n) is 7.51. The Morgan fingerprint density at radius 3 is 2.72 bits per heavy atom. The van der Waals surface area contributed by atoms with Crippen molar-refractivity contribution in [3.05, 3.63) is 70.0 Å². The lowest BCUT2D eigenvalue weighted by Crippen LogP contribution is -2.29. The number of hydroxylamine groups is 1. The minimum atomic E-state index is -0.618. The average Bonchev–Trinajstić information content (AvgIpc) is 2.78. The third-order valence-corrected chi connectivity index (χ3v) is 5.64. The Morgan fingerprint density at radius 2 is 2.00 bits per heavy atom. The van der Waals surface area contributed by atoms with Crippen LogP contribution in [0.4, 0.5) is 0 Å². The molecule has 29 heavy (non-hydrogen) atoms. The third-order valence-electron chi connectivity index (χ3n) is 5.64. The minimum absolute atomic E-state index is 0.0949. The van der Waals surface area contributed by atoms with Gasteiger partial charge in [0.25, 0.3) is 11.5 Å². The summed E-state index contributed by atoms with van der Waals surface area (Å²) < 4.78 is 1.79. The van der Waals surface area contributed by atoms with Crippen LogP contribution in [0.1, 0.15) is 59.9 Å². The first-order chi connectivity index (χ1) is 14.2. The van der Waals surface area contributed by atoms with Crippen LogP contribution in [0.2, 0.25) is 0 Å². The molecule has 1 saturated carbocycles. The van der Waals surface area contributed by atoms with Crippen molar-refractivity contribution in [2.45, 2.75) is 51.0 Å². The van der Waals surface area contributed by atoms with E-state index in [1.165, 1.54) is 12.5 Å². The van der Waals surface area contributed by atoms with E-state index in [1.54, 1.807) is 28.4 Å². The Labute approximate surface area is 168 Å². The number of pyridine rings is 1. The van der Waals surface area contributed by atoms with Crippen LogP contribution < -0.4 is 11.0 Å². The number of amides is 1. The summed E-state index contributed by atoms with van der Waals surface area (Å²) in [6, 6.07) is 10.5. The zero-order valence-electron chi connectivity index (χ0n) is 16.2. The van der Waals surface area contributed by atoms with Crippen molar-refractivity contribution in [1.29, 1.82) is 0 Å². The van der Waals surface area contributed by atoms with Gasteiger partial charge < -0.3 is 0 Å². The van der Waals surface area contributed by atoms with Gasteiger partial charge in [0, 0.05) is 36.3 Å². The van der Waals surface area contributed by atoms with Crippen molar-refractivity contribution >= 4 is 16.8 Å². The molecule has 0 bridgehead atoms. The predicted molar refractivity (Wildman–Crippen MR) is 109 cm³/mol. The minimum Gasteiger partial charge on any atom is -0.295 e. The standard InChI is InChI=1S/C22H24N4O3/c27-21(25-29)16-9-10-18-19(14-16)24-20(15-6-2-1-3-7-15)26(22(18)28)13-11-17-8-4-5-12-23-17/h4-5,8-10,12,14-15,29H,1-3,6-7,11,13H2,(H,25,27). The zero-order valence-corrected chi connectivity index (χ0v) is 16.2. The maximum absolute atomic E-state index is 13.3. The van der Waals surface area contributed by atoms with Gasteiger partial charge >= 0.3 is 0 Å². The summed E-state index contributed by atoms with van der Waals surface area (Å²) in [5.41, 5.74) is 3.23. The normalized spacial score (nSPS) is 14.8. The molecule has 0 radical (unpaired) electrons. The topological polar surface area (TPSA) is 97.1 Å². The number of carbonyl (C=O) groups is 1. The van der Waals surface area contributed by atoms with E-state index in [2.05, 4.69) is 4.98 Å². The lowest BCUT2D eigenvalue weighted by molar-refractivity contribution is 0.0706. The van der Waals surface area contributed by atoms with Gasteiger partial charge in [-0.3, -0.25) is 24.3 Å². The summed E-state index contributed by atoms with van der Waals surface area (Å²) in [4.78, 5) is 34.3. The Bertz CT molecular complexity index is 1070. The van der Waals surface area contributed by atoms with Gasteiger partial charge in [-0.15, -0.1) is 0 Å². The van der Waals surface area contributed by atoms with Crippen LogP contribution in [-0.4, -0.2) is 25.6 Å². The number of hydrogen-bond acceptors (Lipinski definition) is 5. The molecule has 1 fully saturated rings. The molecule has 2 heterocycles. The highest BCUT2D eigenvalue weighted by Gasteiger charge is 2.22. The molecular formula is C22H24N4O3. The molecule has 3 aromatic rings. The summed E-state index contributed by atoms with van der Waals surface area (Å²) >= 11 is 0. The van der Waals surface area contributed by atoms with Gasteiger partial charge in [0.05, 0.1) is 10.9 Å². The number of nitrogens with one attached hydrogen (secondary N) is 1. The molecule has 2 N–H and O–H groups in total. The monoisotopic (exact) mass is 392 g/mol. The zero-order chi connectivity index (χ0) is 20.2. The summed E-state index contributed by atoms with van der Waals surface area (Å²) in [6.45, 7) is 0.517. The van der Waals surface area contributed by atoms with Crippen LogP contribution >= 0.6 is 0 Å². The van der Waals surface area contributed by atoms with Crippen LogP contribution in [0.15, 0.2) is 47.4 Å². The molecule has 1 amide bonds. The number of fused-ring (bicyclic) bond motifs is 1. The van der Waals surface area contributed by atoms with Gasteiger partial charge in [0.2, 0.25) is 0 Å². The number of benzene rings is 1. The summed E-state index contributed by atoms with van der Waals surface area (Å²) in [6.07, 6.45) is 7.91. The number of hydrogen-bond donors (Lipinski definition) is 2. The van der Waals surface area contributed by atoms with E-state index in [9.17, 15) is 9.59 Å². The van der Waals surface area contributed by atoms with Crippen molar-refractivity contribution < 1.29 is 10.0 Å². The Hall–Kier alpha value is -3.06. The smallest absolute Gasteiger partial charge is 0.274 e.